The van der Waals surface area contributed by atoms with Crippen LogP contribution in [0, 0.1) is 34.4 Å². The topological polar surface area (TPSA) is 298 Å². The van der Waals surface area contributed by atoms with Crippen LogP contribution in [0.3, 0.4) is 0 Å². The monoisotopic (exact) mass is 1140 g/mol. The quantitative estimate of drug-likeness (QED) is 0.0656. The average molecular weight is 1150 g/mol. The van der Waals surface area contributed by atoms with Crippen molar-refractivity contribution in [2.45, 2.75) is 110 Å². The van der Waals surface area contributed by atoms with Crippen molar-refractivity contribution in [3.05, 3.63) is 108 Å². The summed E-state index contributed by atoms with van der Waals surface area (Å²) in [4.78, 5) is 84.0. The molecule has 24 heteroatoms. The van der Waals surface area contributed by atoms with Gasteiger partial charge in [0.1, 0.15) is 40.4 Å². The Labute approximate surface area is 470 Å². The second-order valence-corrected chi connectivity index (χ2v) is 22.2. The first kappa shape index (κ1) is 58.3. The van der Waals surface area contributed by atoms with Crippen LogP contribution < -0.4 is 25.9 Å². The van der Waals surface area contributed by atoms with Crippen molar-refractivity contribution in [3.63, 3.8) is 0 Å². The number of aromatic hydroxyl groups is 2. The van der Waals surface area contributed by atoms with Crippen molar-refractivity contribution >= 4 is 68.9 Å². The zero-order valence-electron chi connectivity index (χ0n) is 46.0. The predicted octanol–water partition coefficient (Wildman–Crippen LogP) is 7.41. The Kier molecular flexibility index (Phi) is 16.5. The molecule has 2 aliphatic carbocycles. The second-order valence-electron chi connectivity index (χ2n) is 21.8. The van der Waals surface area contributed by atoms with Crippen molar-refractivity contribution in [1.82, 2.24) is 9.88 Å². The zero-order valence-corrected chi connectivity index (χ0v) is 46.7. The number of hydrogen-bond acceptors (Lipinski definition) is 18. The van der Waals surface area contributed by atoms with Gasteiger partial charge in [-0.15, -0.1) is 4.91 Å². The van der Waals surface area contributed by atoms with E-state index in [0.717, 1.165) is 12.3 Å². The number of nitrogens with zero attached hydrogens (tertiary/aromatic N) is 4. The van der Waals surface area contributed by atoms with Crippen molar-refractivity contribution in [2.75, 3.05) is 61.6 Å². The molecule has 22 nitrogen and oxygen atoms in total. The Hall–Kier alpha value is -7.31. The summed E-state index contributed by atoms with van der Waals surface area (Å²) in [5, 5.41) is 66.6. The number of halogens is 2. The molecule has 0 spiro atoms. The van der Waals surface area contributed by atoms with E-state index in [1.807, 2.05) is 0 Å². The number of carbonyl (C=O) groups is 4. The van der Waals surface area contributed by atoms with Gasteiger partial charge in [-0.3, -0.25) is 14.4 Å². The fourth-order valence-corrected chi connectivity index (χ4v) is 12.1. The number of alkyl carbamates (subject to hydrolysis) is 1. The number of hydrogen-bond donors (Lipinski definition) is 7. The summed E-state index contributed by atoms with van der Waals surface area (Å²) in [6, 6.07) is 0.227. The number of carboxylic acids is 1. The number of benzene rings is 2. The summed E-state index contributed by atoms with van der Waals surface area (Å²) < 4.78 is 47.9. The minimum atomic E-state index is -2.08. The Morgan fingerprint density at radius 1 is 0.938 bits per heavy atom. The standard InChI is InChI=1S/C57H66ClFN6O16/c1-25-10-9-11-26(2)54(72)61-41-44(63-17-20-78-21-18-63)50(71)37-38(49(41)70)47(68)30(6)52-39(37)53(62-76)57(7,81-52)79-19-15-36(77-8)27(3)51(29(5)46(67)28(4)45(25)66)80-56(75)60-31-14-16-64(23-31)43-35(59)22-33-42(40(43)58)65(32-12-13-32)24-34(48(33)69)55(73)74/h9-11,15,19,22,24-25,27-29,31-32,36,45-46,51,66-67,70-71H,12-14,16-18,20-21,23H2,1-8H3,(H,60,75)(H,61,72)(H,73,74)/b10-9+,19-15+,26-11-/t25-,27-,28-,29-,31?,36+,45+,46+,51-,57+/m1/s1. The number of pyridine rings is 1. The highest BCUT2D eigenvalue weighted by molar-refractivity contribution is 6.38. The molecule has 2 saturated heterocycles. The van der Waals surface area contributed by atoms with Gasteiger partial charge in [0.2, 0.25) is 5.43 Å². The summed E-state index contributed by atoms with van der Waals surface area (Å²) in [6.45, 7) is 12.0. The predicted molar refractivity (Wildman–Crippen MR) is 296 cm³/mol. The van der Waals surface area contributed by atoms with Gasteiger partial charge in [-0.25, -0.2) is 14.0 Å². The molecule has 1 aromatic heterocycles. The van der Waals surface area contributed by atoms with E-state index in [1.54, 1.807) is 54.2 Å². The highest BCUT2D eigenvalue weighted by Gasteiger charge is 2.52. The number of carboxylic acid groups (broad SMARTS) is 1. The lowest BCUT2D eigenvalue weighted by Gasteiger charge is -2.38. The number of aromatic carboxylic acids is 1. The van der Waals surface area contributed by atoms with Gasteiger partial charge in [0, 0.05) is 92.8 Å². The molecule has 2 amide bonds. The minimum Gasteiger partial charge on any atom is -0.505 e. The van der Waals surface area contributed by atoms with Crippen LogP contribution >= 0.6 is 11.6 Å². The number of anilines is 3. The molecule has 7 N–H and O–H groups in total. The highest BCUT2D eigenvalue weighted by Crippen LogP contribution is 2.58. The molecule has 7 aliphatic rings. The number of aromatic nitrogens is 1. The number of allylic oxidation sites excluding steroid dienone is 4. The first-order chi connectivity index (χ1) is 38.4. The lowest BCUT2D eigenvalue weighted by atomic mass is 9.78. The third-order valence-corrected chi connectivity index (χ3v) is 16.9. The molecule has 1 unspecified atom stereocenters. The fourth-order valence-electron chi connectivity index (χ4n) is 11.7. The number of rotatable bonds is 8. The van der Waals surface area contributed by atoms with Gasteiger partial charge in [0.25, 0.3) is 11.7 Å². The third kappa shape index (κ3) is 10.6. The Bertz CT molecular complexity index is 3330. The normalized spacial score (nSPS) is 29.9. The number of nitroso groups, excluding NO2 is 1. The number of nitrogens with one attached hydrogen (secondary N) is 2. The number of aliphatic hydroxyl groups is 2. The number of Topliss-reactive ketones (excluding diaryl/α,β-unsaturated/α-hetero) is 1. The molecular formula is C57H66ClFN6O16. The molecular weight excluding hydrogens is 1080 g/mol. The Morgan fingerprint density at radius 2 is 1.64 bits per heavy atom. The summed E-state index contributed by atoms with van der Waals surface area (Å²) in [5.74, 6) is -10.5. The van der Waals surface area contributed by atoms with E-state index in [2.05, 4.69) is 15.8 Å². The van der Waals surface area contributed by atoms with E-state index in [-0.39, 0.29) is 106 Å². The number of amides is 2. The SMILES string of the molecule is CO[C@H]1/C=C/O[C@@]2(C)OC3=C(C)C(=O)c4c(O)c(c(N5CCOCC5)c(O)c4C3=C2N=O)NC(=O)/C(C)=C\C=C\[C@@H](C)[C@H](O)[C@@H](C)[C@H](O)[C@@H](C)[C@H](OC(=O)NC2CCN(c3c(F)cc4c(=O)c(C(=O)O)cn(C5CC5)c4c3Cl)C2)[C@@H]1C. The van der Waals surface area contributed by atoms with Crippen LogP contribution in [0.4, 0.5) is 26.2 Å². The fraction of sp³-hybridized carbons (Fsp3) is 0.491. The maximum atomic E-state index is 16.1. The highest BCUT2D eigenvalue weighted by atomic mass is 35.5. The maximum Gasteiger partial charge on any atom is 0.407 e. The summed E-state index contributed by atoms with van der Waals surface area (Å²) in [5.41, 5.74) is -2.76. The number of phenolic OH excluding ortho intramolecular Hbond substituents is 2. The maximum absolute atomic E-state index is 16.1. The van der Waals surface area contributed by atoms with E-state index in [4.69, 9.17) is 35.3 Å². The Balaban J connectivity index is 1.05. The van der Waals surface area contributed by atoms with Gasteiger partial charge in [-0.05, 0) is 50.4 Å². The number of phenols is 2. The molecule has 6 heterocycles. The van der Waals surface area contributed by atoms with Gasteiger partial charge >= 0.3 is 12.1 Å². The van der Waals surface area contributed by atoms with E-state index in [9.17, 15) is 54.4 Å². The van der Waals surface area contributed by atoms with Crippen LogP contribution in [-0.2, 0) is 28.5 Å². The van der Waals surface area contributed by atoms with Crippen LogP contribution in [0.5, 0.6) is 11.5 Å². The van der Waals surface area contributed by atoms with Crippen molar-refractivity contribution < 1.29 is 72.8 Å². The lowest BCUT2D eigenvalue weighted by Crippen LogP contribution is -2.48. The lowest BCUT2D eigenvalue weighted by molar-refractivity contribution is -0.126. The molecule has 10 atom stereocenters. The summed E-state index contributed by atoms with van der Waals surface area (Å²) in [6.07, 6.45) is 4.58. The van der Waals surface area contributed by atoms with E-state index < -0.39 is 123 Å². The number of fused-ring (bicyclic) bond motifs is 15. The minimum absolute atomic E-state index is 0.0247. The number of ether oxygens (including phenoxy) is 5. The van der Waals surface area contributed by atoms with Gasteiger partial charge in [-0.1, -0.05) is 57.5 Å². The zero-order chi connectivity index (χ0) is 58.7. The smallest absolute Gasteiger partial charge is 0.407 e. The van der Waals surface area contributed by atoms with Crippen LogP contribution in [0.2, 0.25) is 5.02 Å². The van der Waals surface area contributed by atoms with Crippen LogP contribution in [0.1, 0.15) is 100 Å². The number of aliphatic hydroxyl groups excluding tert-OH is 2. The molecule has 81 heavy (non-hydrogen) atoms. The number of methoxy groups -OCH3 is 1. The van der Waals surface area contributed by atoms with Crippen molar-refractivity contribution in [1.29, 1.82) is 0 Å². The second kappa shape index (κ2) is 22.9. The molecule has 1 saturated carbocycles. The molecule has 3 fully saturated rings. The van der Waals surface area contributed by atoms with E-state index in [0.29, 0.717) is 19.3 Å². The number of carbonyl (C=O) groups excluding carboxylic acids is 3. The van der Waals surface area contributed by atoms with Crippen molar-refractivity contribution in [2.24, 2.45) is 28.8 Å². The Morgan fingerprint density at radius 3 is 2.30 bits per heavy atom. The average Bonchev–Trinajstić information content (AvgIpc) is 4.09. The molecule has 5 bridgehead atoms. The molecule has 434 valence electrons. The van der Waals surface area contributed by atoms with Gasteiger partial charge in [0.05, 0.1) is 76.6 Å². The molecule has 2 aromatic carbocycles. The largest absolute Gasteiger partial charge is 0.505 e. The van der Waals surface area contributed by atoms with Gasteiger partial charge in [0.15, 0.2) is 17.2 Å². The first-order valence-electron chi connectivity index (χ1n) is 26.8. The van der Waals surface area contributed by atoms with Crippen molar-refractivity contribution in [3.8, 4) is 11.5 Å². The molecule has 3 aromatic rings. The summed E-state index contributed by atoms with van der Waals surface area (Å²) >= 11 is 6.93. The first-order valence-corrected chi connectivity index (χ1v) is 27.2. The third-order valence-electron chi connectivity index (χ3n) is 16.5. The van der Waals surface area contributed by atoms with E-state index >= 15 is 4.39 Å². The van der Waals surface area contributed by atoms with Crippen LogP contribution in [0.15, 0.2) is 75.4 Å². The van der Waals surface area contributed by atoms with Crippen LogP contribution in [0.25, 0.3) is 16.5 Å². The summed E-state index contributed by atoms with van der Waals surface area (Å²) in [7, 11) is 1.38. The van der Waals surface area contributed by atoms with Gasteiger partial charge < -0.3 is 74.2 Å². The van der Waals surface area contributed by atoms with Gasteiger partial charge in [-0.2, -0.15) is 0 Å². The molecule has 10 rings (SSSR count). The molecule has 5 aliphatic heterocycles. The van der Waals surface area contributed by atoms with Crippen LogP contribution in [-0.4, -0.2) is 137 Å². The molecule has 0 radical (unpaired) electrons. The number of ketones is 1. The van der Waals surface area contributed by atoms with E-state index in [1.165, 1.54) is 46.2 Å². The number of morpholine rings is 1.